The summed E-state index contributed by atoms with van der Waals surface area (Å²) in [6, 6.07) is 16.1. The number of benzene rings is 2. The molecule has 0 unspecified atom stereocenters. The average molecular weight is 426 g/mol. The van der Waals surface area contributed by atoms with Crippen molar-refractivity contribution in [3.05, 3.63) is 64.2 Å². The number of anilines is 2. The average Bonchev–Trinajstić information content (AvgIpc) is 3.07. The highest BCUT2D eigenvalue weighted by Gasteiger charge is 2.15. The molecule has 0 bridgehead atoms. The highest BCUT2D eigenvalue weighted by molar-refractivity contribution is 9.10. The van der Waals surface area contributed by atoms with E-state index in [0.29, 0.717) is 0 Å². The summed E-state index contributed by atoms with van der Waals surface area (Å²) in [5.74, 6) is 2.40. The number of halogens is 1. The highest BCUT2D eigenvalue weighted by atomic mass is 79.9. The lowest BCUT2D eigenvalue weighted by Crippen LogP contribution is -1.99. The molecule has 0 spiro atoms. The van der Waals surface area contributed by atoms with Gasteiger partial charge < -0.3 is 10.1 Å². The van der Waals surface area contributed by atoms with Crippen molar-refractivity contribution in [1.82, 2.24) is 9.97 Å². The molecule has 4 nitrogen and oxygen atoms in total. The maximum Gasteiger partial charge on any atom is 0.143 e. The number of nitrogens with one attached hydrogen (secondary N) is 1. The normalized spacial score (nSPS) is 10.9. The molecule has 0 saturated heterocycles. The summed E-state index contributed by atoms with van der Waals surface area (Å²) >= 11 is 5.22. The molecule has 4 rings (SSSR count). The van der Waals surface area contributed by atoms with Crippen LogP contribution >= 0.6 is 27.3 Å². The van der Waals surface area contributed by atoms with E-state index in [-0.39, 0.29) is 0 Å². The van der Waals surface area contributed by atoms with Gasteiger partial charge in [-0.15, -0.1) is 11.3 Å². The third-order valence-electron chi connectivity index (χ3n) is 4.07. The number of fused-ring (bicyclic) bond motifs is 1. The van der Waals surface area contributed by atoms with E-state index in [1.807, 2.05) is 43.3 Å². The smallest absolute Gasteiger partial charge is 0.143 e. The Labute approximate surface area is 164 Å². The zero-order chi connectivity index (χ0) is 18.1. The molecule has 2 aromatic heterocycles. The Hall–Kier alpha value is -2.44. The van der Waals surface area contributed by atoms with Crippen LogP contribution in [0, 0.1) is 6.92 Å². The molecule has 0 amide bonds. The van der Waals surface area contributed by atoms with Crippen molar-refractivity contribution >= 4 is 49.0 Å². The first-order chi connectivity index (χ1) is 12.7. The van der Waals surface area contributed by atoms with E-state index in [1.165, 1.54) is 0 Å². The number of aryl methyl sites for hydroxylation is 1. The van der Waals surface area contributed by atoms with E-state index in [9.17, 15) is 0 Å². The molecule has 0 aliphatic rings. The first kappa shape index (κ1) is 17.0. The standard InChI is InChI=1S/C20H16BrN3OS/c1-12-22-19(24-17-6-4-3-5-16(17)21)18-15(11-26-20(18)23-12)13-7-9-14(25-2)10-8-13/h3-11H,1-2H3,(H,22,23,24). The number of thiophene rings is 1. The van der Waals surface area contributed by atoms with Crippen LogP contribution in [0.5, 0.6) is 5.75 Å². The second-order valence-corrected chi connectivity index (χ2v) is 7.49. The molecule has 0 aliphatic carbocycles. The topological polar surface area (TPSA) is 47.0 Å². The Balaban J connectivity index is 1.86. The van der Waals surface area contributed by atoms with Gasteiger partial charge in [0.25, 0.3) is 0 Å². The summed E-state index contributed by atoms with van der Waals surface area (Å²) in [5.41, 5.74) is 3.20. The van der Waals surface area contributed by atoms with Gasteiger partial charge in [-0.3, -0.25) is 0 Å². The zero-order valence-electron chi connectivity index (χ0n) is 14.3. The fourth-order valence-electron chi connectivity index (χ4n) is 2.81. The van der Waals surface area contributed by atoms with Crippen LogP contribution in [0.2, 0.25) is 0 Å². The zero-order valence-corrected chi connectivity index (χ0v) is 16.7. The van der Waals surface area contributed by atoms with Crippen molar-refractivity contribution in [2.75, 3.05) is 12.4 Å². The van der Waals surface area contributed by atoms with E-state index in [1.54, 1.807) is 18.4 Å². The van der Waals surface area contributed by atoms with Crippen molar-refractivity contribution in [2.45, 2.75) is 6.92 Å². The summed E-state index contributed by atoms with van der Waals surface area (Å²) in [7, 11) is 1.67. The molecule has 4 aromatic rings. The van der Waals surface area contributed by atoms with Crippen LogP contribution in [-0.2, 0) is 0 Å². The van der Waals surface area contributed by atoms with Gasteiger partial charge in [0.15, 0.2) is 0 Å². The fraction of sp³-hybridized carbons (Fsp3) is 0.100. The Bertz CT molecular complexity index is 1080. The number of nitrogens with zero attached hydrogens (tertiary/aromatic N) is 2. The van der Waals surface area contributed by atoms with E-state index < -0.39 is 0 Å². The van der Waals surface area contributed by atoms with Gasteiger partial charge in [-0.05, 0) is 52.7 Å². The molecule has 2 heterocycles. The highest BCUT2D eigenvalue weighted by Crippen LogP contribution is 2.39. The number of hydrogen-bond donors (Lipinski definition) is 1. The lowest BCUT2D eigenvalue weighted by Gasteiger charge is -2.11. The summed E-state index contributed by atoms with van der Waals surface area (Å²) in [6.07, 6.45) is 0. The van der Waals surface area contributed by atoms with E-state index in [0.717, 1.165) is 48.9 Å². The van der Waals surface area contributed by atoms with Gasteiger partial charge in [-0.2, -0.15) is 0 Å². The molecule has 0 fully saturated rings. The predicted octanol–water partition coefficient (Wildman–Crippen LogP) is 6.18. The molecule has 1 N–H and O–H groups in total. The molecule has 0 saturated carbocycles. The Morgan fingerprint density at radius 2 is 1.81 bits per heavy atom. The molecule has 26 heavy (non-hydrogen) atoms. The van der Waals surface area contributed by atoms with E-state index in [2.05, 4.69) is 48.7 Å². The van der Waals surface area contributed by atoms with Crippen LogP contribution in [0.4, 0.5) is 11.5 Å². The van der Waals surface area contributed by atoms with Gasteiger partial charge >= 0.3 is 0 Å². The molecule has 2 aromatic carbocycles. The maximum absolute atomic E-state index is 5.27. The SMILES string of the molecule is COc1ccc(-c2csc3nc(C)nc(Nc4ccccc4Br)c23)cc1. The van der Waals surface area contributed by atoms with Gasteiger partial charge in [0, 0.05) is 15.4 Å². The summed E-state index contributed by atoms with van der Waals surface area (Å²) in [6.45, 7) is 1.91. The Morgan fingerprint density at radius 3 is 2.54 bits per heavy atom. The van der Waals surface area contributed by atoms with Gasteiger partial charge in [-0.25, -0.2) is 9.97 Å². The first-order valence-electron chi connectivity index (χ1n) is 8.07. The van der Waals surface area contributed by atoms with Crippen LogP contribution in [0.3, 0.4) is 0 Å². The Kier molecular flexibility index (Phi) is 4.61. The quantitative estimate of drug-likeness (QED) is 0.423. The van der Waals surface area contributed by atoms with Crippen LogP contribution in [-0.4, -0.2) is 17.1 Å². The summed E-state index contributed by atoms with van der Waals surface area (Å²) in [4.78, 5) is 10.3. The summed E-state index contributed by atoms with van der Waals surface area (Å²) < 4.78 is 6.26. The van der Waals surface area contributed by atoms with Gasteiger partial charge in [-0.1, -0.05) is 24.3 Å². The van der Waals surface area contributed by atoms with Crippen molar-refractivity contribution in [2.24, 2.45) is 0 Å². The molecule has 0 radical (unpaired) electrons. The van der Waals surface area contributed by atoms with Gasteiger partial charge in [0.05, 0.1) is 18.2 Å². The first-order valence-corrected chi connectivity index (χ1v) is 9.75. The minimum atomic E-state index is 0.746. The molecular formula is C20H16BrN3OS. The van der Waals surface area contributed by atoms with Crippen LogP contribution < -0.4 is 10.1 Å². The predicted molar refractivity (Wildman–Crippen MR) is 112 cm³/mol. The van der Waals surface area contributed by atoms with Crippen molar-refractivity contribution in [3.8, 4) is 16.9 Å². The van der Waals surface area contributed by atoms with Crippen molar-refractivity contribution in [1.29, 1.82) is 0 Å². The van der Waals surface area contributed by atoms with Crippen molar-refractivity contribution < 1.29 is 4.74 Å². The number of methoxy groups -OCH3 is 1. The molecule has 130 valence electrons. The lowest BCUT2D eigenvalue weighted by molar-refractivity contribution is 0.415. The third kappa shape index (κ3) is 3.18. The van der Waals surface area contributed by atoms with Gasteiger partial charge in [0.2, 0.25) is 0 Å². The third-order valence-corrected chi connectivity index (χ3v) is 5.64. The number of aromatic nitrogens is 2. The monoisotopic (exact) mass is 425 g/mol. The molecule has 0 atom stereocenters. The molecule has 6 heteroatoms. The summed E-state index contributed by atoms with van der Waals surface area (Å²) in [5, 5.41) is 6.62. The second kappa shape index (κ2) is 7.05. The van der Waals surface area contributed by atoms with Crippen molar-refractivity contribution in [3.63, 3.8) is 0 Å². The lowest BCUT2D eigenvalue weighted by atomic mass is 10.1. The number of hydrogen-bond acceptors (Lipinski definition) is 5. The molecular weight excluding hydrogens is 410 g/mol. The van der Waals surface area contributed by atoms with Crippen LogP contribution in [0.1, 0.15) is 5.82 Å². The van der Waals surface area contributed by atoms with E-state index >= 15 is 0 Å². The molecule has 0 aliphatic heterocycles. The largest absolute Gasteiger partial charge is 0.497 e. The van der Waals surface area contributed by atoms with Crippen LogP contribution in [0.25, 0.3) is 21.3 Å². The Morgan fingerprint density at radius 1 is 1.04 bits per heavy atom. The number of ether oxygens (including phenoxy) is 1. The van der Waals surface area contributed by atoms with Crippen LogP contribution in [0.15, 0.2) is 58.4 Å². The minimum absolute atomic E-state index is 0.746. The number of para-hydroxylation sites is 1. The van der Waals surface area contributed by atoms with Gasteiger partial charge in [0.1, 0.15) is 22.2 Å². The number of rotatable bonds is 4. The minimum Gasteiger partial charge on any atom is -0.497 e. The second-order valence-electron chi connectivity index (χ2n) is 5.78. The maximum atomic E-state index is 5.27. The van der Waals surface area contributed by atoms with E-state index in [4.69, 9.17) is 4.74 Å². The fourth-order valence-corrected chi connectivity index (χ4v) is 4.19.